The van der Waals surface area contributed by atoms with Gasteiger partial charge in [0.1, 0.15) is 0 Å². The molecule has 1 aliphatic heterocycles. The van der Waals surface area contributed by atoms with Crippen LogP contribution in [0.1, 0.15) is 63.4 Å². The number of carboxylic acid groups (broad SMARTS) is 1. The molecule has 1 heterocycles. The highest BCUT2D eigenvalue weighted by Gasteiger charge is 2.43. The number of aromatic hydroxyl groups is 1. The summed E-state index contributed by atoms with van der Waals surface area (Å²) in [5.74, 6) is -1.04. The van der Waals surface area contributed by atoms with Gasteiger partial charge in [0.05, 0.1) is 16.6 Å². The molecule has 0 aromatic heterocycles. The van der Waals surface area contributed by atoms with Crippen molar-refractivity contribution in [2.45, 2.75) is 57.8 Å². The van der Waals surface area contributed by atoms with Crippen LogP contribution in [0.2, 0.25) is 0 Å². The van der Waals surface area contributed by atoms with Crippen molar-refractivity contribution < 1.29 is 29.3 Å². The first-order chi connectivity index (χ1) is 15.3. The fourth-order valence-corrected chi connectivity index (χ4v) is 5.68. The first-order valence-electron chi connectivity index (χ1n) is 11.0. The minimum absolute atomic E-state index is 0.00235. The lowest BCUT2D eigenvalue weighted by Gasteiger charge is -2.44. The van der Waals surface area contributed by atoms with Crippen molar-refractivity contribution in [2.24, 2.45) is 0 Å². The van der Waals surface area contributed by atoms with Gasteiger partial charge in [-0.3, -0.25) is 14.4 Å². The Morgan fingerprint density at radius 1 is 1.09 bits per heavy atom. The lowest BCUT2D eigenvalue weighted by Crippen LogP contribution is -2.40. The number of carboxylic acids is 1. The minimum atomic E-state index is -0.907. The summed E-state index contributed by atoms with van der Waals surface area (Å²) >= 11 is 2.03. The van der Waals surface area contributed by atoms with Crippen LogP contribution in [0.5, 0.6) is 11.5 Å². The molecule has 0 saturated heterocycles. The summed E-state index contributed by atoms with van der Waals surface area (Å²) in [6.45, 7) is 2.45. The Morgan fingerprint density at radius 3 is 2.22 bits per heavy atom. The van der Waals surface area contributed by atoms with Gasteiger partial charge >= 0.3 is 5.97 Å². The van der Waals surface area contributed by atoms with Crippen molar-refractivity contribution >= 4 is 40.1 Å². The molecule has 0 spiro atoms. The van der Waals surface area contributed by atoms with Gasteiger partial charge in [0.25, 0.3) is 0 Å². The van der Waals surface area contributed by atoms with Gasteiger partial charge in [0, 0.05) is 47.8 Å². The summed E-state index contributed by atoms with van der Waals surface area (Å²) < 4.78 is 6.22. The highest BCUT2D eigenvalue weighted by molar-refractivity contribution is 14.1. The molecule has 2 aliphatic carbocycles. The lowest BCUT2D eigenvalue weighted by atomic mass is 9.71. The third kappa shape index (κ3) is 4.04. The first-order valence-corrected chi connectivity index (χ1v) is 12.1. The molecule has 32 heavy (non-hydrogen) atoms. The summed E-state index contributed by atoms with van der Waals surface area (Å²) in [5.41, 5.74) is 3.64. The van der Waals surface area contributed by atoms with E-state index < -0.39 is 11.9 Å². The molecule has 170 valence electrons. The van der Waals surface area contributed by atoms with Crippen LogP contribution in [0, 0.1) is 3.57 Å². The highest BCUT2D eigenvalue weighted by Crippen LogP contribution is 2.50. The van der Waals surface area contributed by atoms with Gasteiger partial charge in [-0.1, -0.05) is 0 Å². The van der Waals surface area contributed by atoms with Gasteiger partial charge in [-0.25, -0.2) is 0 Å². The van der Waals surface area contributed by atoms with E-state index in [1.165, 1.54) is 0 Å². The topological polar surface area (TPSA) is 104 Å². The minimum Gasteiger partial charge on any atom is -0.504 e. The quantitative estimate of drug-likeness (QED) is 0.509. The van der Waals surface area contributed by atoms with Crippen LogP contribution in [-0.4, -0.2) is 45.8 Å². The molecule has 0 bridgehead atoms. The zero-order chi connectivity index (χ0) is 23.0. The van der Waals surface area contributed by atoms with Crippen LogP contribution in [0.15, 0.2) is 34.7 Å². The number of rotatable bonds is 6. The monoisotopic (exact) mass is 551 g/mol. The lowest BCUT2D eigenvalue weighted by molar-refractivity contribution is -0.137. The zero-order valence-corrected chi connectivity index (χ0v) is 20.1. The molecule has 0 radical (unpaired) electrons. The van der Waals surface area contributed by atoms with Crippen molar-refractivity contribution in [1.29, 1.82) is 0 Å². The van der Waals surface area contributed by atoms with Crippen LogP contribution in [-0.2, 0) is 14.4 Å². The molecule has 1 aromatic rings. The Hall–Kier alpha value is -2.36. The van der Waals surface area contributed by atoms with E-state index in [2.05, 4.69) is 0 Å². The molecule has 0 unspecified atom stereocenters. The summed E-state index contributed by atoms with van der Waals surface area (Å²) in [5, 5.41) is 19.7. The Labute approximate surface area is 200 Å². The summed E-state index contributed by atoms with van der Waals surface area (Å²) in [4.78, 5) is 39.7. The number of benzene rings is 1. The molecule has 3 aliphatic rings. The van der Waals surface area contributed by atoms with Gasteiger partial charge in [-0.05, 0) is 72.9 Å². The first kappa shape index (κ1) is 22.8. The fourth-order valence-electron chi connectivity index (χ4n) is 5.05. The van der Waals surface area contributed by atoms with Crippen LogP contribution in [0.25, 0.3) is 0 Å². The normalized spacial score (nSPS) is 19.2. The Morgan fingerprint density at radius 2 is 1.69 bits per heavy atom. The molecule has 7 nitrogen and oxygen atoms in total. The van der Waals surface area contributed by atoms with Crippen molar-refractivity contribution in [3.05, 3.63) is 43.8 Å². The molecular formula is C24H26INO6. The number of ketones is 2. The van der Waals surface area contributed by atoms with Crippen LogP contribution < -0.4 is 4.74 Å². The number of carbonyl (C=O) groups excluding carboxylic acids is 2. The molecule has 2 N–H and O–H groups in total. The van der Waals surface area contributed by atoms with E-state index in [9.17, 15) is 24.6 Å². The van der Waals surface area contributed by atoms with Gasteiger partial charge in [0.2, 0.25) is 0 Å². The molecule has 0 saturated carbocycles. The van der Waals surface area contributed by atoms with E-state index in [0.717, 1.165) is 17.0 Å². The summed E-state index contributed by atoms with van der Waals surface area (Å²) in [6, 6.07) is 3.55. The van der Waals surface area contributed by atoms with E-state index >= 15 is 0 Å². The van der Waals surface area contributed by atoms with E-state index in [-0.39, 0.29) is 30.3 Å². The second kappa shape index (κ2) is 9.25. The smallest absolute Gasteiger partial charge is 0.305 e. The molecule has 0 fully saturated rings. The fraction of sp³-hybridized carbons (Fsp3) is 0.458. The molecular weight excluding hydrogens is 525 g/mol. The number of nitrogens with zero attached hydrogens (tertiary/aromatic N) is 1. The Balaban J connectivity index is 1.93. The van der Waals surface area contributed by atoms with Crippen LogP contribution >= 0.6 is 22.6 Å². The summed E-state index contributed by atoms with van der Waals surface area (Å²) in [7, 11) is 0. The van der Waals surface area contributed by atoms with E-state index in [4.69, 9.17) is 4.74 Å². The zero-order valence-electron chi connectivity index (χ0n) is 17.9. The Kier molecular flexibility index (Phi) is 6.60. The van der Waals surface area contributed by atoms with Crippen LogP contribution in [0.3, 0.4) is 0 Å². The number of halogens is 1. The average Bonchev–Trinajstić information content (AvgIpc) is 2.75. The predicted octanol–water partition coefficient (Wildman–Crippen LogP) is 4.28. The molecule has 4 rings (SSSR count). The molecule has 0 amide bonds. The number of hydrogen-bond donors (Lipinski definition) is 2. The largest absolute Gasteiger partial charge is 0.504 e. The second-order valence-electron chi connectivity index (χ2n) is 8.29. The molecule has 8 heteroatoms. The number of aliphatic carboxylic acids is 1. The number of phenols is 1. The van der Waals surface area contributed by atoms with E-state index in [1.54, 1.807) is 6.07 Å². The third-order valence-corrected chi connectivity index (χ3v) is 7.14. The average molecular weight is 551 g/mol. The number of phenolic OH excluding ortho intramolecular Hbond substituents is 1. The van der Waals surface area contributed by atoms with Gasteiger partial charge < -0.3 is 19.8 Å². The predicted molar refractivity (Wildman–Crippen MR) is 125 cm³/mol. The van der Waals surface area contributed by atoms with Gasteiger partial charge in [-0.2, -0.15) is 0 Å². The van der Waals surface area contributed by atoms with Crippen molar-refractivity contribution in [2.75, 3.05) is 13.2 Å². The number of allylic oxidation sites excluding steroid dienone is 4. The van der Waals surface area contributed by atoms with E-state index in [1.807, 2.05) is 40.5 Å². The number of hydrogen-bond acceptors (Lipinski definition) is 6. The van der Waals surface area contributed by atoms with Crippen LogP contribution in [0.4, 0.5) is 0 Å². The Bertz CT molecular complexity index is 1010. The highest BCUT2D eigenvalue weighted by atomic mass is 127. The van der Waals surface area contributed by atoms with Crippen molar-refractivity contribution in [3.8, 4) is 11.5 Å². The SMILES string of the molecule is CCOc1cc(C2C3=C(CCCC3=O)N(CCC(=O)O)C3=C2C(=O)CCC3)cc(I)c1O. The maximum absolute atomic E-state index is 13.2. The number of Topliss-reactive ketones (excluding diaryl/α,β-unsaturated/α-hetero) is 2. The standard InChI is InChI=1S/C24H26INO6/c1-2-32-19-12-13(11-14(25)24(19)31)21-22-15(5-3-7-17(22)27)26(10-9-20(29)30)16-6-4-8-18(28)23(16)21/h11-12,21,31H,2-10H2,1H3,(H,29,30). The maximum Gasteiger partial charge on any atom is 0.305 e. The molecule has 0 atom stereocenters. The third-order valence-electron chi connectivity index (χ3n) is 6.32. The van der Waals surface area contributed by atoms with E-state index in [0.29, 0.717) is 65.6 Å². The van der Waals surface area contributed by atoms with Gasteiger partial charge in [-0.15, -0.1) is 0 Å². The summed E-state index contributed by atoms with van der Waals surface area (Å²) in [6.07, 6.45) is 3.53. The van der Waals surface area contributed by atoms with Gasteiger partial charge in [0.15, 0.2) is 23.1 Å². The molecule has 1 aromatic carbocycles. The number of carbonyl (C=O) groups is 3. The van der Waals surface area contributed by atoms with Crippen molar-refractivity contribution in [1.82, 2.24) is 4.90 Å². The van der Waals surface area contributed by atoms with Crippen molar-refractivity contribution in [3.63, 3.8) is 0 Å². The maximum atomic E-state index is 13.2. The number of ether oxygens (including phenoxy) is 1. The second-order valence-corrected chi connectivity index (χ2v) is 9.45.